The van der Waals surface area contributed by atoms with Gasteiger partial charge in [0.1, 0.15) is 11.5 Å². The predicted octanol–water partition coefficient (Wildman–Crippen LogP) is 2.52. The highest BCUT2D eigenvalue weighted by Gasteiger charge is 2.17. The minimum absolute atomic E-state index is 0.0975. The highest BCUT2D eigenvalue weighted by Crippen LogP contribution is 2.24. The molecule has 1 heterocycles. The van der Waals surface area contributed by atoms with E-state index in [-0.39, 0.29) is 24.9 Å². The maximum Gasteiger partial charge on any atom is 0.270 e. The molecule has 0 saturated heterocycles. The van der Waals surface area contributed by atoms with Gasteiger partial charge in [-0.2, -0.15) is 0 Å². The number of carbonyl (C=O) groups excluding carboxylic acids is 1. The molecule has 0 bridgehead atoms. The van der Waals surface area contributed by atoms with Crippen molar-refractivity contribution in [1.29, 1.82) is 0 Å². The molecule has 2 rings (SSSR count). The summed E-state index contributed by atoms with van der Waals surface area (Å²) in [6.07, 6.45) is 0. The number of hydrogen-bond donors (Lipinski definition) is 2. The summed E-state index contributed by atoms with van der Waals surface area (Å²) in [6.45, 7) is 2.48. The number of halogens is 2. The smallest absolute Gasteiger partial charge is 0.270 e. The van der Waals surface area contributed by atoms with Crippen molar-refractivity contribution in [2.45, 2.75) is 6.92 Å². The molecule has 0 saturated carbocycles. The molecule has 19 heavy (non-hydrogen) atoms. The topological polar surface area (TPSA) is 56.3 Å². The molecule has 0 atom stereocenters. The average Bonchev–Trinajstić information content (AvgIpc) is 2.79. The molecule has 4 nitrogen and oxygen atoms in total. The number of rotatable bonds is 4. The van der Waals surface area contributed by atoms with Gasteiger partial charge >= 0.3 is 0 Å². The lowest BCUT2D eigenvalue weighted by molar-refractivity contribution is 0.0727. The van der Waals surface area contributed by atoms with Crippen LogP contribution < -0.4 is 0 Å². The zero-order valence-corrected chi connectivity index (χ0v) is 12.0. The molecule has 6 heteroatoms. The Morgan fingerprint density at radius 1 is 1.47 bits per heavy atom. The first-order valence-electron chi connectivity index (χ1n) is 5.94. The number of nitrogens with zero attached hydrogens (tertiary/aromatic N) is 1. The Balaban J connectivity index is 2.40. The quantitative estimate of drug-likeness (QED) is 0.906. The van der Waals surface area contributed by atoms with Gasteiger partial charge in [0.05, 0.1) is 12.1 Å². The van der Waals surface area contributed by atoms with E-state index in [1.165, 1.54) is 17.0 Å². The SMILES string of the molecule is CCN(CCO)C(=O)c1cc2c(F)cc(Br)cc2[nH]1. The lowest BCUT2D eigenvalue weighted by Gasteiger charge is -2.18. The molecule has 1 aromatic heterocycles. The van der Waals surface area contributed by atoms with Crippen molar-refractivity contribution in [2.75, 3.05) is 19.7 Å². The van der Waals surface area contributed by atoms with E-state index in [0.29, 0.717) is 27.6 Å². The summed E-state index contributed by atoms with van der Waals surface area (Å²) >= 11 is 3.21. The van der Waals surface area contributed by atoms with Gasteiger partial charge in [-0.1, -0.05) is 15.9 Å². The second-order valence-electron chi connectivity index (χ2n) is 4.14. The molecular formula is C13H14BrFN2O2. The molecule has 0 spiro atoms. The molecule has 0 aliphatic carbocycles. The van der Waals surface area contributed by atoms with Crippen molar-refractivity contribution in [1.82, 2.24) is 9.88 Å². The van der Waals surface area contributed by atoms with E-state index in [2.05, 4.69) is 20.9 Å². The van der Waals surface area contributed by atoms with Crippen LogP contribution in [0.4, 0.5) is 4.39 Å². The van der Waals surface area contributed by atoms with E-state index in [9.17, 15) is 9.18 Å². The third kappa shape index (κ3) is 2.79. The Kier molecular flexibility index (Phi) is 4.21. The summed E-state index contributed by atoms with van der Waals surface area (Å²) in [5, 5.41) is 9.29. The minimum Gasteiger partial charge on any atom is -0.395 e. The summed E-state index contributed by atoms with van der Waals surface area (Å²) < 4.78 is 14.4. The lowest BCUT2D eigenvalue weighted by Crippen LogP contribution is -2.33. The third-order valence-electron chi connectivity index (χ3n) is 2.92. The molecule has 102 valence electrons. The molecule has 0 aliphatic rings. The Hall–Kier alpha value is -1.40. The molecular weight excluding hydrogens is 315 g/mol. The van der Waals surface area contributed by atoms with Gasteiger partial charge < -0.3 is 15.0 Å². The van der Waals surface area contributed by atoms with E-state index in [1.807, 2.05) is 6.92 Å². The number of hydrogen-bond acceptors (Lipinski definition) is 2. The molecule has 2 N–H and O–H groups in total. The van der Waals surface area contributed by atoms with Crippen LogP contribution in [0.1, 0.15) is 17.4 Å². The number of benzene rings is 1. The fourth-order valence-corrected chi connectivity index (χ4v) is 2.40. The number of aromatic amines is 1. The van der Waals surface area contributed by atoms with Crippen molar-refractivity contribution in [3.05, 3.63) is 34.2 Å². The fourth-order valence-electron chi connectivity index (χ4n) is 1.97. The second-order valence-corrected chi connectivity index (χ2v) is 5.06. The van der Waals surface area contributed by atoms with Gasteiger partial charge in [0, 0.05) is 22.9 Å². The first-order valence-corrected chi connectivity index (χ1v) is 6.74. The van der Waals surface area contributed by atoms with Crippen LogP contribution in [0.15, 0.2) is 22.7 Å². The summed E-state index contributed by atoms with van der Waals surface area (Å²) in [6, 6.07) is 4.58. The van der Waals surface area contributed by atoms with Crippen LogP contribution in [-0.4, -0.2) is 40.6 Å². The standard InChI is InChI=1S/C13H14BrFN2O2/c1-2-17(3-4-18)13(19)12-7-9-10(15)5-8(14)6-11(9)16-12/h5-7,16,18H,2-4H2,1H3. The average molecular weight is 329 g/mol. The van der Waals surface area contributed by atoms with Crippen molar-refractivity contribution in [2.24, 2.45) is 0 Å². The van der Waals surface area contributed by atoms with Crippen molar-refractivity contribution in [3.8, 4) is 0 Å². The largest absolute Gasteiger partial charge is 0.395 e. The second kappa shape index (κ2) is 5.71. The molecule has 0 fully saturated rings. The zero-order valence-electron chi connectivity index (χ0n) is 10.4. The monoisotopic (exact) mass is 328 g/mol. The number of carbonyl (C=O) groups is 1. The molecule has 0 radical (unpaired) electrons. The van der Waals surface area contributed by atoms with E-state index in [4.69, 9.17) is 5.11 Å². The molecule has 1 amide bonds. The Labute approximate surface area is 118 Å². The van der Waals surface area contributed by atoms with Gasteiger partial charge in [-0.05, 0) is 25.1 Å². The van der Waals surface area contributed by atoms with E-state index in [0.717, 1.165) is 0 Å². The van der Waals surface area contributed by atoms with Gasteiger partial charge in [-0.15, -0.1) is 0 Å². The maximum absolute atomic E-state index is 13.7. The highest BCUT2D eigenvalue weighted by atomic mass is 79.9. The molecule has 1 aromatic carbocycles. The summed E-state index contributed by atoms with van der Waals surface area (Å²) in [5.41, 5.74) is 0.887. The number of aliphatic hydroxyl groups is 1. The van der Waals surface area contributed by atoms with Crippen LogP contribution in [0.3, 0.4) is 0 Å². The number of H-pyrrole nitrogens is 1. The highest BCUT2D eigenvalue weighted by molar-refractivity contribution is 9.10. The van der Waals surface area contributed by atoms with Gasteiger partial charge in [0.2, 0.25) is 0 Å². The Morgan fingerprint density at radius 3 is 2.84 bits per heavy atom. The Morgan fingerprint density at radius 2 is 2.21 bits per heavy atom. The van der Waals surface area contributed by atoms with Crippen LogP contribution in [0, 0.1) is 5.82 Å². The summed E-state index contributed by atoms with van der Waals surface area (Å²) in [4.78, 5) is 16.6. The Bertz CT molecular complexity index is 612. The summed E-state index contributed by atoms with van der Waals surface area (Å²) in [5.74, 6) is -0.631. The van der Waals surface area contributed by atoms with Gasteiger partial charge in [-0.25, -0.2) is 4.39 Å². The van der Waals surface area contributed by atoms with Crippen LogP contribution in [0.25, 0.3) is 10.9 Å². The van der Waals surface area contributed by atoms with Crippen molar-refractivity contribution in [3.63, 3.8) is 0 Å². The first-order chi connectivity index (χ1) is 9.06. The molecule has 2 aromatic rings. The van der Waals surface area contributed by atoms with E-state index < -0.39 is 0 Å². The number of aliphatic hydroxyl groups excluding tert-OH is 1. The van der Waals surface area contributed by atoms with Crippen molar-refractivity contribution < 1.29 is 14.3 Å². The van der Waals surface area contributed by atoms with E-state index >= 15 is 0 Å². The number of likely N-dealkylation sites (N-methyl/N-ethyl adjacent to an activating group) is 1. The van der Waals surface area contributed by atoms with Crippen LogP contribution >= 0.6 is 15.9 Å². The number of fused-ring (bicyclic) bond motifs is 1. The molecule has 0 unspecified atom stereocenters. The fraction of sp³-hybridized carbons (Fsp3) is 0.308. The van der Waals surface area contributed by atoms with Crippen LogP contribution in [-0.2, 0) is 0 Å². The number of nitrogens with one attached hydrogen (secondary N) is 1. The van der Waals surface area contributed by atoms with Crippen molar-refractivity contribution >= 4 is 32.7 Å². The van der Waals surface area contributed by atoms with Gasteiger partial charge in [-0.3, -0.25) is 4.79 Å². The normalized spacial score (nSPS) is 10.9. The summed E-state index contributed by atoms with van der Waals surface area (Å²) in [7, 11) is 0. The van der Waals surface area contributed by atoms with Gasteiger partial charge in [0.15, 0.2) is 0 Å². The number of amides is 1. The third-order valence-corrected chi connectivity index (χ3v) is 3.38. The lowest BCUT2D eigenvalue weighted by atomic mass is 10.2. The van der Waals surface area contributed by atoms with Crippen LogP contribution in [0.2, 0.25) is 0 Å². The molecule has 0 aliphatic heterocycles. The van der Waals surface area contributed by atoms with Gasteiger partial charge in [0.25, 0.3) is 5.91 Å². The zero-order chi connectivity index (χ0) is 14.0. The van der Waals surface area contributed by atoms with Crippen LogP contribution in [0.5, 0.6) is 0 Å². The maximum atomic E-state index is 13.7. The first kappa shape index (κ1) is 14.0. The predicted molar refractivity (Wildman–Crippen MR) is 74.6 cm³/mol. The minimum atomic E-state index is -0.384. The van der Waals surface area contributed by atoms with E-state index in [1.54, 1.807) is 6.07 Å². The number of aromatic nitrogens is 1.